The summed E-state index contributed by atoms with van der Waals surface area (Å²) in [6.45, 7) is -0.250. The molecular formula is C28H26F4N4O2. The summed E-state index contributed by atoms with van der Waals surface area (Å²) >= 11 is 0. The van der Waals surface area contributed by atoms with Crippen molar-refractivity contribution in [2.45, 2.75) is 24.9 Å². The molecule has 5 aromatic rings. The lowest BCUT2D eigenvalue weighted by molar-refractivity contribution is -0.271. The second kappa shape index (κ2) is 9.45. The first kappa shape index (κ1) is 25.7. The van der Waals surface area contributed by atoms with Crippen molar-refractivity contribution < 1.29 is 27.4 Å². The minimum absolute atomic E-state index is 0.310. The molecule has 0 radical (unpaired) electrons. The van der Waals surface area contributed by atoms with Crippen molar-refractivity contribution in [3.63, 3.8) is 0 Å². The standard InChI is InChI=1S/C28H26F4N4O2/c1-34(2)15-19-16-35(26-13-23(38-3)9-10-24(19)26)17-27(37,28(30,31)32)20-4-11-25-18(12-20)14-33-36(25)22-7-5-21(29)6-8-22/h4-14,16,37H,15,17H2,1-3H3. The number of benzene rings is 3. The fourth-order valence-electron chi connectivity index (χ4n) is 4.74. The zero-order chi connectivity index (χ0) is 27.2. The molecule has 1 atom stereocenters. The average molecular weight is 527 g/mol. The largest absolute Gasteiger partial charge is 0.497 e. The molecule has 0 aliphatic heterocycles. The summed E-state index contributed by atoms with van der Waals surface area (Å²) in [5.41, 5.74) is -1.07. The zero-order valence-corrected chi connectivity index (χ0v) is 21.0. The summed E-state index contributed by atoms with van der Waals surface area (Å²) in [6.07, 6.45) is -1.92. The minimum atomic E-state index is -4.98. The van der Waals surface area contributed by atoms with Gasteiger partial charge in [-0.05, 0) is 73.8 Å². The molecule has 0 aliphatic carbocycles. The molecule has 0 amide bonds. The van der Waals surface area contributed by atoms with Crippen molar-refractivity contribution in [2.75, 3.05) is 21.2 Å². The highest BCUT2D eigenvalue weighted by Crippen LogP contribution is 2.42. The highest BCUT2D eigenvalue weighted by molar-refractivity contribution is 5.85. The van der Waals surface area contributed by atoms with Gasteiger partial charge in [-0.15, -0.1) is 0 Å². The molecule has 0 saturated heterocycles. The first-order valence-electron chi connectivity index (χ1n) is 11.8. The molecule has 0 bridgehead atoms. The van der Waals surface area contributed by atoms with E-state index in [0.29, 0.717) is 34.4 Å². The van der Waals surface area contributed by atoms with Gasteiger partial charge in [0.25, 0.3) is 0 Å². The quantitative estimate of drug-likeness (QED) is 0.279. The molecule has 198 valence electrons. The first-order chi connectivity index (χ1) is 18.0. The SMILES string of the molecule is COc1ccc2c(CN(C)C)cn(CC(O)(c3ccc4c(cnn4-c4ccc(F)cc4)c3)C(F)(F)F)c2c1. The normalized spacial score (nSPS) is 13.9. The van der Waals surface area contributed by atoms with E-state index in [4.69, 9.17) is 4.74 Å². The van der Waals surface area contributed by atoms with Crippen molar-refractivity contribution in [2.24, 2.45) is 0 Å². The van der Waals surface area contributed by atoms with Crippen molar-refractivity contribution in [3.8, 4) is 11.4 Å². The number of halogens is 4. The summed E-state index contributed by atoms with van der Waals surface area (Å²) in [5.74, 6) is 0.0880. The van der Waals surface area contributed by atoms with Gasteiger partial charge in [0.1, 0.15) is 11.6 Å². The van der Waals surface area contributed by atoms with Crippen LogP contribution in [0.5, 0.6) is 5.75 Å². The second-order valence-electron chi connectivity index (χ2n) is 9.57. The van der Waals surface area contributed by atoms with Gasteiger partial charge in [-0.1, -0.05) is 6.07 Å². The van der Waals surface area contributed by atoms with E-state index >= 15 is 0 Å². The molecule has 0 saturated carbocycles. The zero-order valence-electron chi connectivity index (χ0n) is 21.0. The number of aromatic nitrogens is 3. The summed E-state index contributed by atoms with van der Waals surface area (Å²) in [6, 6.07) is 14.9. The third kappa shape index (κ3) is 4.50. The summed E-state index contributed by atoms with van der Waals surface area (Å²) in [7, 11) is 5.24. The number of methoxy groups -OCH3 is 1. The van der Waals surface area contributed by atoms with Gasteiger partial charge in [-0.2, -0.15) is 18.3 Å². The Kier molecular flexibility index (Phi) is 6.40. The van der Waals surface area contributed by atoms with Crippen LogP contribution < -0.4 is 4.74 Å². The predicted molar refractivity (Wildman–Crippen MR) is 137 cm³/mol. The number of rotatable bonds is 7. The van der Waals surface area contributed by atoms with E-state index < -0.39 is 24.1 Å². The van der Waals surface area contributed by atoms with Crippen molar-refractivity contribution in [1.82, 2.24) is 19.2 Å². The Morgan fingerprint density at radius 3 is 2.37 bits per heavy atom. The molecule has 0 spiro atoms. The number of fused-ring (bicyclic) bond motifs is 2. The number of alkyl halides is 3. The van der Waals surface area contributed by atoms with Crippen LogP contribution >= 0.6 is 0 Å². The second-order valence-corrected chi connectivity index (χ2v) is 9.57. The number of hydrogen-bond acceptors (Lipinski definition) is 4. The van der Waals surface area contributed by atoms with Crippen LogP contribution in [-0.4, -0.2) is 51.7 Å². The van der Waals surface area contributed by atoms with Crippen molar-refractivity contribution >= 4 is 21.8 Å². The minimum Gasteiger partial charge on any atom is -0.497 e. The summed E-state index contributed by atoms with van der Waals surface area (Å²) in [4.78, 5) is 1.92. The topological polar surface area (TPSA) is 55.4 Å². The number of aliphatic hydroxyl groups is 1. The monoisotopic (exact) mass is 526 g/mol. The average Bonchev–Trinajstić information content (AvgIpc) is 3.44. The Morgan fingerprint density at radius 2 is 1.71 bits per heavy atom. The molecule has 1 N–H and O–H groups in total. The van der Waals surface area contributed by atoms with Crippen LogP contribution in [0.2, 0.25) is 0 Å². The van der Waals surface area contributed by atoms with Gasteiger partial charge >= 0.3 is 6.18 Å². The molecule has 10 heteroatoms. The van der Waals surface area contributed by atoms with Gasteiger partial charge < -0.3 is 19.3 Å². The van der Waals surface area contributed by atoms with Crippen LogP contribution in [-0.2, 0) is 18.7 Å². The highest BCUT2D eigenvalue weighted by atomic mass is 19.4. The first-order valence-corrected chi connectivity index (χ1v) is 11.8. The van der Waals surface area contributed by atoms with Crippen LogP contribution in [0, 0.1) is 5.82 Å². The molecule has 38 heavy (non-hydrogen) atoms. The van der Waals surface area contributed by atoms with E-state index in [9.17, 15) is 22.7 Å². The van der Waals surface area contributed by atoms with Gasteiger partial charge in [-0.25, -0.2) is 9.07 Å². The molecule has 6 nitrogen and oxygen atoms in total. The number of nitrogens with zero attached hydrogens (tertiary/aromatic N) is 4. The third-order valence-corrected chi connectivity index (χ3v) is 6.64. The molecule has 0 aliphatic rings. The lowest BCUT2D eigenvalue weighted by Gasteiger charge is -2.32. The van der Waals surface area contributed by atoms with Crippen LogP contribution in [0.1, 0.15) is 11.1 Å². The van der Waals surface area contributed by atoms with E-state index in [-0.39, 0.29) is 5.56 Å². The van der Waals surface area contributed by atoms with E-state index in [1.807, 2.05) is 25.1 Å². The van der Waals surface area contributed by atoms with Gasteiger partial charge in [-0.3, -0.25) is 0 Å². The number of ether oxygens (including phenoxy) is 1. The maximum absolute atomic E-state index is 14.6. The van der Waals surface area contributed by atoms with Crippen LogP contribution in [0.25, 0.3) is 27.5 Å². The molecule has 2 heterocycles. The molecule has 0 fully saturated rings. The van der Waals surface area contributed by atoms with Crippen LogP contribution in [0.3, 0.4) is 0 Å². The Morgan fingerprint density at radius 1 is 0.974 bits per heavy atom. The maximum Gasteiger partial charge on any atom is 0.423 e. The van der Waals surface area contributed by atoms with Gasteiger partial charge in [0.05, 0.1) is 36.6 Å². The molecule has 1 unspecified atom stereocenters. The molecule has 2 aromatic heterocycles. The van der Waals surface area contributed by atoms with Crippen LogP contribution in [0.15, 0.2) is 73.1 Å². The van der Waals surface area contributed by atoms with Gasteiger partial charge in [0.15, 0.2) is 0 Å². The fourth-order valence-corrected chi connectivity index (χ4v) is 4.74. The maximum atomic E-state index is 14.6. The lowest BCUT2D eigenvalue weighted by atomic mass is 9.91. The summed E-state index contributed by atoms with van der Waals surface area (Å²) < 4.78 is 65.4. The van der Waals surface area contributed by atoms with Gasteiger partial charge in [0.2, 0.25) is 5.60 Å². The van der Waals surface area contributed by atoms with E-state index in [1.165, 1.54) is 65.0 Å². The smallest absolute Gasteiger partial charge is 0.423 e. The van der Waals surface area contributed by atoms with Crippen molar-refractivity contribution in [1.29, 1.82) is 0 Å². The number of hydrogen-bond donors (Lipinski definition) is 1. The van der Waals surface area contributed by atoms with Crippen molar-refractivity contribution in [3.05, 3.63) is 90.0 Å². The van der Waals surface area contributed by atoms with E-state index in [0.717, 1.165) is 10.9 Å². The van der Waals surface area contributed by atoms with Gasteiger partial charge in [0, 0.05) is 29.6 Å². The molecular weight excluding hydrogens is 500 g/mol. The Bertz CT molecular complexity index is 1610. The Balaban J connectivity index is 1.60. The van der Waals surface area contributed by atoms with E-state index in [2.05, 4.69) is 5.10 Å². The Labute approximate surface area is 216 Å². The predicted octanol–water partition coefficient (Wildman–Crippen LogP) is 5.64. The lowest BCUT2D eigenvalue weighted by Crippen LogP contribution is -2.45. The summed E-state index contributed by atoms with van der Waals surface area (Å²) in [5, 5.41) is 16.8. The fraction of sp³-hybridized carbons (Fsp3) is 0.250. The molecule has 3 aromatic carbocycles. The Hall–Kier alpha value is -3.89. The third-order valence-electron chi connectivity index (χ3n) is 6.64. The van der Waals surface area contributed by atoms with Crippen LogP contribution in [0.4, 0.5) is 17.6 Å². The highest BCUT2D eigenvalue weighted by Gasteiger charge is 2.55. The molecule has 5 rings (SSSR count). The van der Waals surface area contributed by atoms with E-state index in [1.54, 1.807) is 18.3 Å².